The SMILES string of the molecule is CCN1C(=O)C(C)(C)COc2ccc(NS(=O)(=O)c3ccc(F)c(Cl)c3)cc21. The van der Waals surface area contributed by atoms with Crippen molar-refractivity contribution in [2.24, 2.45) is 5.41 Å². The van der Waals surface area contributed by atoms with E-state index < -0.39 is 21.3 Å². The summed E-state index contributed by atoms with van der Waals surface area (Å²) in [5, 5.41) is -0.289. The number of amides is 1. The predicted octanol–water partition coefficient (Wildman–Crippen LogP) is 4.05. The number of ether oxygens (including phenoxy) is 1. The van der Waals surface area contributed by atoms with E-state index in [0.717, 1.165) is 18.2 Å². The standard InChI is InChI=1S/C19H20ClFN2O4S/c1-4-23-16-9-12(5-8-17(16)27-11-19(2,3)18(23)24)22-28(25,26)13-6-7-15(21)14(20)10-13/h5-10,22H,4,11H2,1-3H3. The summed E-state index contributed by atoms with van der Waals surface area (Å²) in [6, 6.07) is 7.85. The van der Waals surface area contributed by atoms with E-state index >= 15 is 0 Å². The van der Waals surface area contributed by atoms with Crippen LogP contribution in [0.4, 0.5) is 15.8 Å². The molecule has 0 aromatic heterocycles. The van der Waals surface area contributed by atoms with Gasteiger partial charge in [-0.25, -0.2) is 12.8 Å². The van der Waals surface area contributed by atoms with Gasteiger partial charge in [-0.1, -0.05) is 11.6 Å². The van der Waals surface area contributed by atoms with E-state index in [4.69, 9.17) is 16.3 Å². The van der Waals surface area contributed by atoms with Crippen molar-refractivity contribution in [2.45, 2.75) is 25.7 Å². The van der Waals surface area contributed by atoms with Crippen molar-refractivity contribution in [3.8, 4) is 5.75 Å². The summed E-state index contributed by atoms with van der Waals surface area (Å²) in [4.78, 5) is 14.2. The van der Waals surface area contributed by atoms with Gasteiger partial charge in [-0.3, -0.25) is 9.52 Å². The van der Waals surface area contributed by atoms with Crippen molar-refractivity contribution in [3.05, 3.63) is 47.2 Å². The number of hydrogen-bond donors (Lipinski definition) is 1. The normalized spacial score (nSPS) is 16.2. The second kappa shape index (κ2) is 7.25. The lowest BCUT2D eigenvalue weighted by Crippen LogP contribution is -2.42. The molecule has 0 spiro atoms. The molecular formula is C19H20ClFN2O4S. The maximum atomic E-state index is 13.3. The fourth-order valence-electron chi connectivity index (χ4n) is 2.88. The molecule has 150 valence electrons. The average Bonchev–Trinajstić information content (AvgIpc) is 2.72. The molecule has 1 heterocycles. The van der Waals surface area contributed by atoms with Gasteiger partial charge in [-0.05, 0) is 57.2 Å². The lowest BCUT2D eigenvalue weighted by Gasteiger charge is -2.27. The van der Waals surface area contributed by atoms with Crippen LogP contribution in [0, 0.1) is 11.2 Å². The minimum Gasteiger partial charge on any atom is -0.490 e. The zero-order chi connectivity index (χ0) is 20.7. The molecule has 0 radical (unpaired) electrons. The molecule has 0 aliphatic carbocycles. The van der Waals surface area contributed by atoms with E-state index in [1.165, 1.54) is 6.07 Å². The van der Waals surface area contributed by atoms with E-state index in [1.54, 1.807) is 30.9 Å². The monoisotopic (exact) mass is 426 g/mol. The topological polar surface area (TPSA) is 75.7 Å². The second-order valence-electron chi connectivity index (χ2n) is 7.09. The molecule has 28 heavy (non-hydrogen) atoms. The lowest BCUT2D eigenvalue weighted by atomic mass is 9.93. The van der Waals surface area contributed by atoms with Crippen LogP contribution in [0.2, 0.25) is 5.02 Å². The van der Waals surface area contributed by atoms with E-state index in [1.807, 2.05) is 6.92 Å². The Bertz CT molecular complexity index is 1040. The third kappa shape index (κ3) is 3.79. The van der Waals surface area contributed by atoms with Crippen LogP contribution in [0.25, 0.3) is 0 Å². The van der Waals surface area contributed by atoms with Gasteiger partial charge in [0.2, 0.25) is 5.91 Å². The first-order chi connectivity index (χ1) is 13.0. The fourth-order valence-corrected chi connectivity index (χ4v) is 4.20. The number of fused-ring (bicyclic) bond motifs is 1. The molecule has 9 heteroatoms. The van der Waals surface area contributed by atoms with E-state index in [9.17, 15) is 17.6 Å². The van der Waals surface area contributed by atoms with Crippen LogP contribution in [-0.2, 0) is 14.8 Å². The largest absolute Gasteiger partial charge is 0.490 e. The number of benzene rings is 2. The molecule has 0 unspecified atom stereocenters. The Kier molecular flexibility index (Phi) is 5.29. The van der Waals surface area contributed by atoms with Crippen molar-refractivity contribution in [2.75, 3.05) is 22.8 Å². The molecule has 6 nitrogen and oxygen atoms in total. The number of halogens is 2. The number of nitrogens with one attached hydrogen (secondary N) is 1. The summed E-state index contributed by atoms with van der Waals surface area (Å²) in [6.45, 7) is 6.05. The van der Waals surface area contributed by atoms with E-state index in [-0.39, 0.29) is 28.1 Å². The van der Waals surface area contributed by atoms with Crippen molar-refractivity contribution in [1.82, 2.24) is 0 Å². The van der Waals surface area contributed by atoms with Gasteiger partial charge in [0, 0.05) is 6.54 Å². The number of nitrogens with zero attached hydrogens (tertiary/aromatic N) is 1. The van der Waals surface area contributed by atoms with Crippen molar-refractivity contribution in [1.29, 1.82) is 0 Å². The van der Waals surface area contributed by atoms with Crippen LogP contribution in [0.15, 0.2) is 41.3 Å². The Morgan fingerprint density at radius 1 is 1.25 bits per heavy atom. The number of carbonyl (C=O) groups excluding carboxylic acids is 1. The molecular weight excluding hydrogens is 407 g/mol. The maximum absolute atomic E-state index is 13.3. The highest BCUT2D eigenvalue weighted by atomic mass is 35.5. The zero-order valence-electron chi connectivity index (χ0n) is 15.6. The highest BCUT2D eigenvalue weighted by Crippen LogP contribution is 2.38. The first-order valence-electron chi connectivity index (χ1n) is 8.62. The summed E-state index contributed by atoms with van der Waals surface area (Å²) in [5.74, 6) is -0.324. The van der Waals surface area contributed by atoms with Gasteiger partial charge in [0.1, 0.15) is 18.2 Å². The third-order valence-electron chi connectivity index (χ3n) is 4.43. The van der Waals surface area contributed by atoms with Crippen LogP contribution in [0.1, 0.15) is 20.8 Å². The predicted molar refractivity (Wildman–Crippen MR) is 106 cm³/mol. The third-order valence-corrected chi connectivity index (χ3v) is 6.10. The van der Waals surface area contributed by atoms with Gasteiger partial charge in [0.15, 0.2) is 0 Å². The van der Waals surface area contributed by atoms with Crippen LogP contribution in [-0.4, -0.2) is 27.5 Å². The Morgan fingerprint density at radius 3 is 2.61 bits per heavy atom. The Labute approximate surface area is 168 Å². The van der Waals surface area contributed by atoms with Crippen molar-refractivity contribution >= 4 is 38.9 Å². The molecule has 2 aromatic rings. The molecule has 0 bridgehead atoms. The lowest BCUT2D eigenvalue weighted by molar-refractivity contribution is -0.127. The van der Waals surface area contributed by atoms with Crippen LogP contribution >= 0.6 is 11.6 Å². The molecule has 0 saturated carbocycles. The summed E-state index contributed by atoms with van der Waals surface area (Å²) in [6.07, 6.45) is 0. The quantitative estimate of drug-likeness (QED) is 0.800. The van der Waals surface area contributed by atoms with E-state index in [2.05, 4.69) is 4.72 Å². The number of rotatable bonds is 4. The number of carbonyl (C=O) groups is 1. The van der Waals surface area contributed by atoms with Gasteiger partial charge in [-0.15, -0.1) is 0 Å². The Morgan fingerprint density at radius 2 is 1.96 bits per heavy atom. The van der Waals surface area contributed by atoms with Gasteiger partial charge in [0.25, 0.3) is 10.0 Å². The molecule has 0 fully saturated rings. The molecule has 3 rings (SSSR count). The summed E-state index contributed by atoms with van der Waals surface area (Å²) in [5.41, 5.74) is 0.0173. The fraction of sp³-hybridized carbons (Fsp3) is 0.316. The van der Waals surface area contributed by atoms with Crippen LogP contribution in [0.5, 0.6) is 5.75 Å². The summed E-state index contributed by atoms with van der Waals surface area (Å²) >= 11 is 5.69. The molecule has 0 saturated heterocycles. The maximum Gasteiger partial charge on any atom is 0.261 e. The van der Waals surface area contributed by atoms with Gasteiger partial charge in [0.05, 0.1) is 26.7 Å². The molecule has 2 aromatic carbocycles. The highest BCUT2D eigenvalue weighted by Gasteiger charge is 2.37. The van der Waals surface area contributed by atoms with Crippen molar-refractivity contribution in [3.63, 3.8) is 0 Å². The van der Waals surface area contributed by atoms with Crippen LogP contribution in [0.3, 0.4) is 0 Å². The molecule has 1 N–H and O–H groups in total. The first-order valence-corrected chi connectivity index (χ1v) is 10.5. The average molecular weight is 427 g/mol. The van der Waals surface area contributed by atoms with Gasteiger partial charge >= 0.3 is 0 Å². The minimum atomic E-state index is -3.99. The number of anilines is 2. The molecule has 1 amide bonds. The minimum absolute atomic E-state index is 0.112. The second-order valence-corrected chi connectivity index (χ2v) is 9.18. The van der Waals surface area contributed by atoms with E-state index in [0.29, 0.717) is 18.0 Å². The highest BCUT2D eigenvalue weighted by molar-refractivity contribution is 7.92. The van der Waals surface area contributed by atoms with Gasteiger partial charge < -0.3 is 9.64 Å². The Balaban J connectivity index is 1.97. The molecule has 1 aliphatic rings. The van der Waals surface area contributed by atoms with Gasteiger partial charge in [-0.2, -0.15) is 0 Å². The smallest absolute Gasteiger partial charge is 0.261 e. The van der Waals surface area contributed by atoms with Crippen LogP contribution < -0.4 is 14.4 Å². The molecule has 0 atom stereocenters. The number of sulfonamides is 1. The molecule has 1 aliphatic heterocycles. The number of hydrogen-bond acceptors (Lipinski definition) is 4. The summed E-state index contributed by atoms with van der Waals surface area (Å²) in [7, 11) is -3.99. The first kappa shape index (κ1) is 20.4. The summed E-state index contributed by atoms with van der Waals surface area (Å²) < 4.78 is 46.8. The zero-order valence-corrected chi connectivity index (χ0v) is 17.2. The Hall–Kier alpha value is -2.32. The van der Waals surface area contributed by atoms with Crippen molar-refractivity contribution < 1.29 is 22.3 Å².